The molecule has 1 aromatic heterocycles. The summed E-state index contributed by atoms with van der Waals surface area (Å²) in [6.45, 7) is 2.29. The summed E-state index contributed by atoms with van der Waals surface area (Å²) < 4.78 is 37.4. The zero-order valence-corrected chi connectivity index (χ0v) is 13.3. The van der Waals surface area contributed by atoms with E-state index in [9.17, 15) is 8.42 Å². The van der Waals surface area contributed by atoms with Gasteiger partial charge in [-0.05, 0) is 44.0 Å². The Morgan fingerprint density at radius 2 is 2.05 bits per heavy atom. The van der Waals surface area contributed by atoms with Crippen LogP contribution in [0.25, 0.3) is 0 Å². The Hall–Kier alpha value is -1.86. The summed E-state index contributed by atoms with van der Waals surface area (Å²) in [6.07, 6.45) is 1.56. The molecule has 0 radical (unpaired) electrons. The first-order valence-electron chi connectivity index (χ1n) is 7.11. The van der Waals surface area contributed by atoms with Crippen LogP contribution in [0.3, 0.4) is 0 Å². The largest absolute Gasteiger partial charge is 0.497 e. The molecule has 2 heterocycles. The minimum Gasteiger partial charge on any atom is -0.497 e. The van der Waals surface area contributed by atoms with Crippen molar-refractivity contribution in [3.05, 3.63) is 41.8 Å². The Labute approximate surface area is 129 Å². The molecule has 6 nitrogen and oxygen atoms in total. The molecule has 0 amide bonds. The van der Waals surface area contributed by atoms with E-state index in [0.29, 0.717) is 23.7 Å². The predicted octanol–water partition coefficient (Wildman–Crippen LogP) is 2.52. The summed E-state index contributed by atoms with van der Waals surface area (Å²) in [7, 11) is -2.01. The van der Waals surface area contributed by atoms with E-state index in [1.807, 2.05) is 0 Å². The molecule has 7 heteroatoms. The molecule has 0 N–H and O–H groups in total. The topological polar surface area (TPSA) is 72.6 Å². The molecular formula is C15H18N2O4S. The van der Waals surface area contributed by atoms with Gasteiger partial charge < -0.3 is 9.26 Å². The summed E-state index contributed by atoms with van der Waals surface area (Å²) in [5.41, 5.74) is 0.673. The first kappa shape index (κ1) is 15.1. The van der Waals surface area contributed by atoms with E-state index in [2.05, 4.69) is 5.16 Å². The Morgan fingerprint density at radius 3 is 2.64 bits per heavy atom. The first-order chi connectivity index (χ1) is 10.5. The quantitative estimate of drug-likeness (QED) is 0.865. The van der Waals surface area contributed by atoms with E-state index in [0.717, 1.165) is 12.8 Å². The fourth-order valence-electron chi connectivity index (χ4n) is 2.75. The molecule has 1 aromatic carbocycles. The molecule has 1 saturated heterocycles. The van der Waals surface area contributed by atoms with Gasteiger partial charge in [0.15, 0.2) is 0 Å². The van der Waals surface area contributed by atoms with Gasteiger partial charge in [-0.1, -0.05) is 5.16 Å². The summed E-state index contributed by atoms with van der Waals surface area (Å²) in [6, 6.07) is 7.97. The highest BCUT2D eigenvalue weighted by atomic mass is 32.2. The lowest BCUT2D eigenvalue weighted by Crippen LogP contribution is -2.30. The van der Waals surface area contributed by atoms with Gasteiger partial charge in [0.1, 0.15) is 17.2 Å². The van der Waals surface area contributed by atoms with Crippen molar-refractivity contribution in [2.24, 2.45) is 0 Å². The van der Waals surface area contributed by atoms with Gasteiger partial charge in [-0.2, -0.15) is 4.31 Å². The SMILES string of the molecule is COc1ccc(S(=O)(=O)N2CCC[C@H]2c2cc(C)on2)cc1. The fourth-order valence-corrected chi connectivity index (χ4v) is 4.42. The van der Waals surface area contributed by atoms with Crippen LogP contribution in [0.4, 0.5) is 0 Å². The summed E-state index contributed by atoms with van der Waals surface area (Å²) in [4.78, 5) is 0.264. The molecule has 0 aliphatic carbocycles. The third-order valence-electron chi connectivity index (χ3n) is 3.86. The van der Waals surface area contributed by atoms with Crippen LogP contribution in [0.1, 0.15) is 30.3 Å². The van der Waals surface area contributed by atoms with Crippen LogP contribution in [0.5, 0.6) is 5.75 Å². The number of nitrogens with zero attached hydrogens (tertiary/aromatic N) is 2. The molecule has 118 valence electrons. The van der Waals surface area contributed by atoms with Gasteiger partial charge in [-0.15, -0.1) is 0 Å². The molecule has 0 saturated carbocycles. The van der Waals surface area contributed by atoms with E-state index in [1.54, 1.807) is 44.4 Å². The van der Waals surface area contributed by atoms with Crippen molar-refractivity contribution >= 4 is 10.0 Å². The van der Waals surface area contributed by atoms with Gasteiger partial charge in [0.2, 0.25) is 10.0 Å². The van der Waals surface area contributed by atoms with Gasteiger partial charge in [0, 0.05) is 12.6 Å². The fraction of sp³-hybridized carbons (Fsp3) is 0.400. The lowest BCUT2D eigenvalue weighted by molar-refractivity contribution is 0.349. The first-order valence-corrected chi connectivity index (χ1v) is 8.55. The predicted molar refractivity (Wildman–Crippen MR) is 80.1 cm³/mol. The van der Waals surface area contributed by atoms with Crippen molar-refractivity contribution < 1.29 is 17.7 Å². The number of hydrogen-bond donors (Lipinski definition) is 0. The molecule has 22 heavy (non-hydrogen) atoms. The standard InChI is InChI=1S/C15H18N2O4S/c1-11-10-14(16-21-11)15-4-3-9-17(15)22(18,19)13-7-5-12(20-2)6-8-13/h5-8,10,15H,3-4,9H2,1-2H3/t15-/m0/s1. The van der Waals surface area contributed by atoms with Gasteiger partial charge in [-0.25, -0.2) is 8.42 Å². The number of rotatable bonds is 4. The van der Waals surface area contributed by atoms with E-state index in [4.69, 9.17) is 9.26 Å². The van der Waals surface area contributed by atoms with Crippen LogP contribution in [0.15, 0.2) is 39.8 Å². The molecule has 3 rings (SSSR count). The highest BCUT2D eigenvalue weighted by Gasteiger charge is 2.37. The molecule has 1 aliphatic rings. The zero-order valence-electron chi connectivity index (χ0n) is 12.5. The van der Waals surface area contributed by atoms with Crippen LogP contribution in [-0.4, -0.2) is 31.5 Å². The van der Waals surface area contributed by atoms with Crippen molar-refractivity contribution in [3.8, 4) is 5.75 Å². The smallest absolute Gasteiger partial charge is 0.243 e. The number of benzene rings is 1. The van der Waals surface area contributed by atoms with E-state index >= 15 is 0 Å². The van der Waals surface area contributed by atoms with Crippen LogP contribution in [0.2, 0.25) is 0 Å². The van der Waals surface area contributed by atoms with Crippen molar-refractivity contribution in [2.75, 3.05) is 13.7 Å². The zero-order chi connectivity index (χ0) is 15.7. The number of hydrogen-bond acceptors (Lipinski definition) is 5. The minimum absolute atomic E-state index is 0.260. The monoisotopic (exact) mass is 322 g/mol. The number of aryl methyl sites for hydroxylation is 1. The van der Waals surface area contributed by atoms with Gasteiger partial charge in [0.05, 0.1) is 18.0 Å². The Morgan fingerprint density at radius 1 is 1.32 bits per heavy atom. The second kappa shape index (κ2) is 5.73. The summed E-state index contributed by atoms with van der Waals surface area (Å²) in [5.74, 6) is 1.31. The lowest BCUT2D eigenvalue weighted by Gasteiger charge is -2.22. The lowest BCUT2D eigenvalue weighted by atomic mass is 10.1. The van der Waals surface area contributed by atoms with Crippen molar-refractivity contribution in [2.45, 2.75) is 30.7 Å². The molecule has 1 fully saturated rings. The van der Waals surface area contributed by atoms with Crippen LogP contribution in [0, 0.1) is 6.92 Å². The van der Waals surface area contributed by atoms with Crippen LogP contribution in [-0.2, 0) is 10.0 Å². The van der Waals surface area contributed by atoms with Gasteiger partial charge >= 0.3 is 0 Å². The third kappa shape index (κ3) is 2.62. The number of methoxy groups -OCH3 is 1. The van der Waals surface area contributed by atoms with Crippen LogP contribution >= 0.6 is 0 Å². The molecule has 1 atom stereocenters. The molecular weight excluding hydrogens is 304 g/mol. The minimum atomic E-state index is -3.56. The molecule has 1 aliphatic heterocycles. The van der Waals surface area contributed by atoms with E-state index in [-0.39, 0.29) is 10.9 Å². The number of aromatic nitrogens is 1. The average Bonchev–Trinajstić information content (AvgIpc) is 3.16. The molecule has 0 bridgehead atoms. The Balaban J connectivity index is 1.93. The molecule has 0 unspecified atom stereocenters. The highest BCUT2D eigenvalue weighted by molar-refractivity contribution is 7.89. The Bertz CT molecular complexity index is 752. The maximum atomic E-state index is 12.9. The normalized spacial score (nSPS) is 19.5. The second-order valence-corrected chi connectivity index (χ2v) is 7.20. The third-order valence-corrected chi connectivity index (χ3v) is 5.78. The second-order valence-electron chi connectivity index (χ2n) is 5.31. The van der Waals surface area contributed by atoms with Gasteiger partial charge in [-0.3, -0.25) is 0 Å². The maximum Gasteiger partial charge on any atom is 0.243 e. The van der Waals surface area contributed by atoms with Crippen molar-refractivity contribution in [1.82, 2.24) is 9.46 Å². The maximum absolute atomic E-state index is 12.9. The van der Waals surface area contributed by atoms with Crippen molar-refractivity contribution in [3.63, 3.8) is 0 Å². The Kier molecular flexibility index (Phi) is 3.92. The van der Waals surface area contributed by atoms with Crippen LogP contribution < -0.4 is 4.74 Å². The van der Waals surface area contributed by atoms with E-state index < -0.39 is 10.0 Å². The number of sulfonamides is 1. The summed E-state index contributed by atoms with van der Waals surface area (Å²) >= 11 is 0. The molecule has 0 spiro atoms. The van der Waals surface area contributed by atoms with E-state index in [1.165, 1.54) is 4.31 Å². The summed E-state index contributed by atoms with van der Waals surface area (Å²) in [5, 5.41) is 3.98. The molecule has 2 aromatic rings. The highest BCUT2D eigenvalue weighted by Crippen LogP contribution is 2.36. The number of ether oxygens (including phenoxy) is 1. The average molecular weight is 322 g/mol. The van der Waals surface area contributed by atoms with Crippen molar-refractivity contribution in [1.29, 1.82) is 0 Å². The van der Waals surface area contributed by atoms with Gasteiger partial charge in [0.25, 0.3) is 0 Å².